The van der Waals surface area contributed by atoms with E-state index in [1.54, 1.807) is 6.20 Å². The second kappa shape index (κ2) is 5.12. The summed E-state index contributed by atoms with van der Waals surface area (Å²) in [5.41, 5.74) is 7.01. The van der Waals surface area contributed by atoms with Crippen LogP contribution in [0.4, 0.5) is 0 Å². The van der Waals surface area contributed by atoms with Gasteiger partial charge in [0.05, 0.1) is 0 Å². The van der Waals surface area contributed by atoms with Crippen molar-refractivity contribution in [1.29, 1.82) is 0 Å². The third kappa shape index (κ3) is 2.80. The molecular weight excluding hydrogens is 172 g/mol. The standard InChI is InChI=1S/C9H14N2.ClH/c1-7(2)9(10)8-4-3-5-11-6-8;/h3-7,9H,10H2,1-2H3;1H/t9-;/m0./s1. The summed E-state index contributed by atoms with van der Waals surface area (Å²) in [5, 5.41) is 0. The molecule has 0 aliphatic rings. The number of hydrogen-bond acceptors (Lipinski definition) is 2. The number of nitrogens with zero attached hydrogens (tertiary/aromatic N) is 1. The van der Waals surface area contributed by atoms with E-state index in [0.29, 0.717) is 5.92 Å². The highest BCUT2D eigenvalue weighted by molar-refractivity contribution is 5.85. The number of hydrogen-bond donors (Lipinski definition) is 1. The molecule has 0 amide bonds. The third-order valence-corrected chi connectivity index (χ3v) is 1.79. The molecule has 0 aliphatic heterocycles. The fraction of sp³-hybridized carbons (Fsp3) is 0.444. The third-order valence-electron chi connectivity index (χ3n) is 1.79. The summed E-state index contributed by atoms with van der Waals surface area (Å²) in [4.78, 5) is 4.01. The average Bonchev–Trinajstić information content (AvgIpc) is 2.05. The normalized spacial score (nSPS) is 12.3. The quantitative estimate of drug-likeness (QED) is 0.769. The first-order chi connectivity index (χ1) is 5.22. The smallest absolute Gasteiger partial charge is 0.0333 e. The van der Waals surface area contributed by atoms with Gasteiger partial charge in [-0.25, -0.2) is 0 Å². The Hall–Kier alpha value is -0.600. The van der Waals surface area contributed by atoms with Crippen molar-refractivity contribution >= 4 is 12.4 Å². The minimum absolute atomic E-state index is 0. The van der Waals surface area contributed by atoms with Gasteiger partial charge in [0, 0.05) is 18.4 Å². The molecule has 2 nitrogen and oxygen atoms in total. The summed E-state index contributed by atoms with van der Waals surface area (Å²) in [6, 6.07) is 4.04. The van der Waals surface area contributed by atoms with E-state index >= 15 is 0 Å². The highest BCUT2D eigenvalue weighted by Crippen LogP contribution is 2.16. The lowest BCUT2D eigenvalue weighted by molar-refractivity contribution is 0.513. The fourth-order valence-electron chi connectivity index (χ4n) is 0.958. The van der Waals surface area contributed by atoms with Gasteiger partial charge in [-0.15, -0.1) is 12.4 Å². The summed E-state index contributed by atoms with van der Waals surface area (Å²) in [6.07, 6.45) is 3.58. The van der Waals surface area contributed by atoms with Gasteiger partial charge >= 0.3 is 0 Å². The van der Waals surface area contributed by atoms with Gasteiger partial charge in [0.25, 0.3) is 0 Å². The Morgan fingerprint density at radius 1 is 1.42 bits per heavy atom. The van der Waals surface area contributed by atoms with E-state index < -0.39 is 0 Å². The molecule has 0 unspecified atom stereocenters. The van der Waals surface area contributed by atoms with Crippen LogP contribution in [0, 0.1) is 5.92 Å². The van der Waals surface area contributed by atoms with Crippen LogP contribution in [0.1, 0.15) is 25.5 Å². The van der Waals surface area contributed by atoms with Gasteiger partial charge in [-0.3, -0.25) is 4.98 Å². The zero-order valence-corrected chi connectivity index (χ0v) is 8.21. The molecular formula is C9H15ClN2. The summed E-state index contributed by atoms with van der Waals surface area (Å²) < 4.78 is 0. The van der Waals surface area contributed by atoms with Crippen LogP contribution in [0.2, 0.25) is 0 Å². The molecule has 0 saturated carbocycles. The Bertz CT molecular complexity index is 211. The van der Waals surface area contributed by atoms with Crippen molar-refractivity contribution in [3.05, 3.63) is 30.1 Å². The van der Waals surface area contributed by atoms with Gasteiger partial charge in [-0.2, -0.15) is 0 Å². The van der Waals surface area contributed by atoms with Gasteiger partial charge in [0.15, 0.2) is 0 Å². The zero-order chi connectivity index (χ0) is 8.27. The van der Waals surface area contributed by atoms with Crippen molar-refractivity contribution in [2.24, 2.45) is 11.7 Å². The summed E-state index contributed by atoms with van der Waals surface area (Å²) >= 11 is 0. The van der Waals surface area contributed by atoms with Gasteiger partial charge in [-0.1, -0.05) is 19.9 Å². The first-order valence-corrected chi connectivity index (χ1v) is 3.87. The lowest BCUT2D eigenvalue weighted by Gasteiger charge is -2.14. The van der Waals surface area contributed by atoms with Crippen LogP contribution in [0.5, 0.6) is 0 Å². The Morgan fingerprint density at radius 3 is 2.50 bits per heavy atom. The molecule has 1 aromatic heterocycles. The number of aromatic nitrogens is 1. The van der Waals surface area contributed by atoms with Crippen molar-refractivity contribution in [2.45, 2.75) is 19.9 Å². The zero-order valence-electron chi connectivity index (χ0n) is 7.40. The van der Waals surface area contributed by atoms with E-state index in [9.17, 15) is 0 Å². The van der Waals surface area contributed by atoms with Crippen molar-refractivity contribution in [2.75, 3.05) is 0 Å². The molecule has 2 N–H and O–H groups in total. The molecule has 1 heterocycles. The highest BCUT2D eigenvalue weighted by Gasteiger charge is 2.08. The lowest BCUT2D eigenvalue weighted by Crippen LogP contribution is -2.16. The minimum atomic E-state index is 0. The first kappa shape index (κ1) is 11.4. The van der Waals surface area contributed by atoms with E-state index in [4.69, 9.17) is 5.73 Å². The van der Waals surface area contributed by atoms with E-state index in [-0.39, 0.29) is 18.4 Å². The number of rotatable bonds is 2. The molecule has 1 rings (SSSR count). The molecule has 68 valence electrons. The van der Waals surface area contributed by atoms with Crippen LogP contribution in [0.15, 0.2) is 24.5 Å². The molecule has 0 bridgehead atoms. The SMILES string of the molecule is CC(C)[C@H](N)c1cccnc1.Cl. The van der Waals surface area contributed by atoms with Crippen LogP contribution in [-0.4, -0.2) is 4.98 Å². The van der Waals surface area contributed by atoms with Gasteiger partial charge in [0.1, 0.15) is 0 Å². The number of pyridine rings is 1. The molecule has 0 saturated heterocycles. The molecule has 0 fully saturated rings. The summed E-state index contributed by atoms with van der Waals surface area (Å²) in [5.74, 6) is 0.471. The summed E-state index contributed by atoms with van der Waals surface area (Å²) in [7, 11) is 0. The number of nitrogens with two attached hydrogens (primary N) is 1. The highest BCUT2D eigenvalue weighted by atomic mass is 35.5. The Morgan fingerprint density at radius 2 is 2.08 bits per heavy atom. The number of halogens is 1. The van der Waals surface area contributed by atoms with Crippen molar-refractivity contribution in [3.63, 3.8) is 0 Å². The lowest BCUT2D eigenvalue weighted by atomic mass is 9.99. The van der Waals surface area contributed by atoms with E-state index in [2.05, 4.69) is 18.8 Å². The van der Waals surface area contributed by atoms with Crippen LogP contribution >= 0.6 is 12.4 Å². The fourth-order valence-corrected chi connectivity index (χ4v) is 0.958. The predicted molar refractivity (Wildman–Crippen MR) is 53.3 cm³/mol. The van der Waals surface area contributed by atoms with Crippen LogP contribution in [0.25, 0.3) is 0 Å². The molecule has 1 aromatic rings. The Balaban J connectivity index is 0.00000121. The van der Waals surface area contributed by atoms with Gasteiger partial charge in [0.2, 0.25) is 0 Å². The van der Waals surface area contributed by atoms with E-state index in [0.717, 1.165) is 5.56 Å². The van der Waals surface area contributed by atoms with E-state index in [1.807, 2.05) is 18.3 Å². The topological polar surface area (TPSA) is 38.9 Å². The molecule has 0 spiro atoms. The van der Waals surface area contributed by atoms with Crippen LogP contribution < -0.4 is 5.73 Å². The molecule has 1 atom stereocenters. The van der Waals surface area contributed by atoms with Gasteiger partial charge < -0.3 is 5.73 Å². The molecule has 12 heavy (non-hydrogen) atoms. The second-order valence-corrected chi connectivity index (χ2v) is 3.06. The largest absolute Gasteiger partial charge is 0.324 e. The van der Waals surface area contributed by atoms with Crippen LogP contribution in [0.3, 0.4) is 0 Å². The molecule has 3 heteroatoms. The first-order valence-electron chi connectivity index (χ1n) is 3.87. The Labute approximate surface area is 79.6 Å². The van der Waals surface area contributed by atoms with Crippen molar-refractivity contribution in [3.8, 4) is 0 Å². The van der Waals surface area contributed by atoms with Crippen molar-refractivity contribution in [1.82, 2.24) is 4.98 Å². The predicted octanol–water partition coefficient (Wildman–Crippen LogP) is 2.16. The maximum atomic E-state index is 5.90. The van der Waals surface area contributed by atoms with Crippen LogP contribution in [-0.2, 0) is 0 Å². The van der Waals surface area contributed by atoms with Crippen molar-refractivity contribution < 1.29 is 0 Å². The monoisotopic (exact) mass is 186 g/mol. The maximum Gasteiger partial charge on any atom is 0.0333 e. The molecule has 0 radical (unpaired) electrons. The average molecular weight is 187 g/mol. The molecule has 0 aliphatic carbocycles. The van der Waals surface area contributed by atoms with Gasteiger partial charge in [-0.05, 0) is 17.5 Å². The maximum absolute atomic E-state index is 5.90. The minimum Gasteiger partial charge on any atom is -0.324 e. The second-order valence-electron chi connectivity index (χ2n) is 3.06. The molecule has 0 aromatic carbocycles. The van der Waals surface area contributed by atoms with E-state index in [1.165, 1.54) is 0 Å². The summed E-state index contributed by atoms with van der Waals surface area (Å²) in [6.45, 7) is 4.22. The Kier molecular flexibility index (Phi) is 4.86.